The number of benzene rings is 1. The maximum atomic E-state index is 12.0. The van der Waals surface area contributed by atoms with E-state index in [0.717, 1.165) is 30.5 Å². The summed E-state index contributed by atoms with van der Waals surface area (Å²) in [6.45, 7) is 1.17. The SMILES string of the molecule is O=C(CNCc1noc([C@@H]2CCCO2)n1)Nc1nc2ccccc2[nH]1. The van der Waals surface area contributed by atoms with Crippen molar-refractivity contribution in [3.63, 3.8) is 0 Å². The number of aromatic nitrogens is 4. The molecule has 0 bridgehead atoms. The molecule has 1 aromatic carbocycles. The summed E-state index contributed by atoms with van der Waals surface area (Å²) in [5.41, 5.74) is 1.68. The van der Waals surface area contributed by atoms with E-state index in [1.807, 2.05) is 24.3 Å². The Kier molecular flexibility index (Phi) is 4.40. The van der Waals surface area contributed by atoms with Crippen molar-refractivity contribution in [1.82, 2.24) is 25.4 Å². The van der Waals surface area contributed by atoms with Crippen molar-refractivity contribution in [3.8, 4) is 0 Å². The molecule has 3 heterocycles. The van der Waals surface area contributed by atoms with Gasteiger partial charge >= 0.3 is 0 Å². The van der Waals surface area contributed by atoms with Gasteiger partial charge in [0.25, 0.3) is 5.89 Å². The molecule has 0 unspecified atom stereocenters. The maximum Gasteiger partial charge on any atom is 0.255 e. The number of nitrogens with one attached hydrogen (secondary N) is 3. The van der Waals surface area contributed by atoms with E-state index in [1.54, 1.807) is 0 Å². The Morgan fingerprint density at radius 2 is 2.24 bits per heavy atom. The second-order valence-corrected chi connectivity index (χ2v) is 5.80. The molecule has 3 N–H and O–H groups in total. The summed E-state index contributed by atoms with van der Waals surface area (Å²) in [7, 11) is 0. The fourth-order valence-corrected chi connectivity index (χ4v) is 2.72. The molecule has 0 radical (unpaired) electrons. The topological polar surface area (TPSA) is 118 Å². The fourth-order valence-electron chi connectivity index (χ4n) is 2.72. The Morgan fingerprint density at radius 1 is 1.32 bits per heavy atom. The number of carbonyl (C=O) groups excluding carboxylic acids is 1. The number of para-hydroxylation sites is 2. The van der Waals surface area contributed by atoms with E-state index < -0.39 is 0 Å². The lowest BCUT2D eigenvalue weighted by atomic mass is 10.2. The first-order valence-corrected chi connectivity index (χ1v) is 8.17. The summed E-state index contributed by atoms with van der Waals surface area (Å²) in [5, 5.41) is 9.59. The maximum absolute atomic E-state index is 12.0. The second-order valence-electron chi connectivity index (χ2n) is 5.80. The zero-order valence-corrected chi connectivity index (χ0v) is 13.5. The van der Waals surface area contributed by atoms with Gasteiger partial charge in [-0.25, -0.2) is 4.98 Å². The van der Waals surface area contributed by atoms with Gasteiger partial charge in [0, 0.05) is 6.61 Å². The van der Waals surface area contributed by atoms with Gasteiger partial charge in [-0.2, -0.15) is 4.98 Å². The molecule has 25 heavy (non-hydrogen) atoms. The molecular formula is C16H18N6O3. The minimum atomic E-state index is -0.207. The van der Waals surface area contributed by atoms with Crippen molar-refractivity contribution in [2.75, 3.05) is 18.5 Å². The van der Waals surface area contributed by atoms with Crippen molar-refractivity contribution >= 4 is 22.9 Å². The average molecular weight is 342 g/mol. The summed E-state index contributed by atoms with van der Waals surface area (Å²) >= 11 is 0. The molecule has 1 atom stereocenters. The third-order valence-electron chi connectivity index (χ3n) is 3.90. The molecule has 0 aliphatic carbocycles. The summed E-state index contributed by atoms with van der Waals surface area (Å²) < 4.78 is 10.7. The van der Waals surface area contributed by atoms with Crippen LogP contribution in [0.2, 0.25) is 0 Å². The van der Waals surface area contributed by atoms with Gasteiger partial charge in [0.2, 0.25) is 11.9 Å². The number of nitrogens with zero attached hydrogens (tertiary/aromatic N) is 3. The van der Waals surface area contributed by atoms with E-state index in [9.17, 15) is 4.79 Å². The van der Waals surface area contributed by atoms with Crippen LogP contribution in [0.5, 0.6) is 0 Å². The molecule has 0 spiro atoms. The highest BCUT2D eigenvalue weighted by molar-refractivity contribution is 5.92. The highest BCUT2D eigenvalue weighted by Crippen LogP contribution is 2.26. The summed E-state index contributed by atoms with van der Waals surface area (Å²) in [6, 6.07) is 7.58. The third kappa shape index (κ3) is 3.67. The van der Waals surface area contributed by atoms with Crippen molar-refractivity contribution in [2.45, 2.75) is 25.5 Å². The van der Waals surface area contributed by atoms with Crippen molar-refractivity contribution in [3.05, 3.63) is 36.0 Å². The van der Waals surface area contributed by atoms with Crippen LogP contribution in [0.15, 0.2) is 28.8 Å². The zero-order valence-electron chi connectivity index (χ0n) is 13.5. The first kappa shape index (κ1) is 15.7. The quantitative estimate of drug-likeness (QED) is 0.621. The van der Waals surface area contributed by atoms with Crippen LogP contribution in [0, 0.1) is 0 Å². The number of ether oxygens (including phenoxy) is 1. The predicted molar refractivity (Wildman–Crippen MR) is 88.7 cm³/mol. The van der Waals surface area contributed by atoms with Gasteiger partial charge in [0.05, 0.1) is 24.1 Å². The lowest BCUT2D eigenvalue weighted by Crippen LogP contribution is -2.28. The monoisotopic (exact) mass is 342 g/mol. The van der Waals surface area contributed by atoms with E-state index in [2.05, 4.69) is 30.7 Å². The zero-order chi connectivity index (χ0) is 17.1. The molecule has 1 aliphatic rings. The van der Waals surface area contributed by atoms with Crippen molar-refractivity contribution in [1.29, 1.82) is 0 Å². The number of rotatable bonds is 6. The minimum absolute atomic E-state index is 0.0994. The molecule has 1 saturated heterocycles. The third-order valence-corrected chi connectivity index (χ3v) is 3.90. The van der Waals surface area contributed by atoms with Crippen LogP contribution in [0.4, 0.5) is 5.95 Å². The Morgan fingerprint density at radius 3 is 3.08 bits per heavy atom. The van der Waals surface area contributed by atoms with Crippen molar-refractivity contribution < 1.29 is 14.1 Å². The Bertz CT molecular complexity index is 835. The van der Waals surface area contributed by atoms with Crippen LogP contribution in [-0.4, -0.2) is 39.2 Å². The number of H-pyrrole nitrogens is 1. The minimum Gasteiger partial charge on any atom is -0.368 e. The first-order chi connectivity index (χ1) is 12.3. The Balaban J connectivity index is 1.26. The lowest BCUT2D eigenvalue weighted by Gasteiger charge is -2.02. The van der Waals surface area contributed by atoms with Gasteiger partial charge in [0.15, 0.2) is 5.82 Å². The number of aromatic amines is 1. The normalized spacial score (nSPS) is 17.2. The largest absolute Gasteiger partial charge is 0.368 e. The van der Waals surface area contributed by atoms with Gasteiger partial charge < -0.3 is 19.6 Å². The van der Waals surface area contributed by atoms with Crippen LogP contribution in [0.25, 0.3) is 11.0 Å². The summed E-state index contributed by atoms with van der Waals surface area (Å²) in [4.78, 5) is 23.6. The predicted octanol–water partition coefficient (Wildman–Crippen LogP) is 1.53. The van der Waals surface area contributed by atoms with Crippen LogP contribution in [0.1, 0.15) is 30.7 Å². The molecule has 3 aromatic rings. The standard InChI is InChI=1S/C16H18N6O3/c23-14(21-16-18-10-4-1-2-5-11(10)19-16)9-17-8-13-20-15(25-22-13)12-6-3-7-24-12/h1-2,4-5,12,17H,3,6-9H2,(H2,18,19,21,23)/t12-/m0/s1. The van der Waals surface area contributed by atoms with E-state index in [1.165, 1.54) is 0 Å². The number of hydrogen-bond donors (Lipinski definition) is 3. The van der Waals surface area contributed by atoms with Gasteiger partial charge in [-0.3, -0.25) is 10.1 Å². The molecule has 2 aromatic heterocycles. The smallest absolute Gasteiger partial charge is 0.255 e. The molecule has 130 valence electrons. The lowest BCUT2D eigenvalue weighted by molar-refractivity contribution is -0.115. The highest BCUT2D eigenvalue weighted by atomic mass is 16.5. The molecule has 1 amide bonds. The number of imidazole rings is 1. The number of fused-ring (bicyclic) bond motifs is 1. The second kappa shape index (κ2) is 6.99. The highest BCUT2D eigenvalue weighted by Gasteiger charge is 2.23. The van der Waals surface area contributed by atoms with Gasteiger partial charge in [-0.05, 0) is 25.0 Å². The molecular weight excluding hydrogens is 324 g/mol. The Labute approximate surface area is 143 Å². The van der Waals surface area contributed by atoms with Gasteiger partial charge in [-0.1, -0.05) is 17.3 Å². The van der Waals surface area contributed by atoms with Crippen LogP contribution in [-0.2, 0) is 16.1 Å². The van der Waals surface area contributed by atoms with E-state index >= 15 is 0 Å². The number of carbonyl (C=O) groups is 1. The molecule has 4 rings (SSSR count). The molecule has 0 saturated carbocycles. The molecule has 1 fully saturated rings. The fraction of sp³-hybridized carbons (Fsp3) is 0.375. The number of amides is 1. The van der Waals surface area contributed by atoms with Crippen LogP contribution >= 0.6 is 0 Å². The first-order valence-electron chi connectivity index (χ1n) is 8.17. The van der Waals surface area contributed by atoms with Crippen LogP contribution in [0.3, 0.4) is 0 Å². The van der Waals surface area contributed by atoms with E-state index in [-0.39, 0.29) is 18.6 Å². The number of anilines is 1. The number of hydrogen-bond acceptors (Lipinski definition) is 7. The summed E-state index contributed by atoms with van der Waals surface area (Å²) in [5.74, 6) is 1.22. The van der Waals surface area contributed by atoms with Gasteiger partial charge in [0.1, 0.15) is 6.10 Å². The summed E-state index contributed by atoms with van der Waals surface area (Å²) in [6.07, 6.45) is 1.80. The van der Waals surface area contributed by atoms with E-state index in [0.29, 0.717) is 24.2 Å². The molecule has 9 heteroatoms. The van der Waals surface area contributed by atoms with Crippen LogP contribution < -0.4 is 10.6 Å². The van der Waals surface area contributed by atoms with Gasteiger partial charge in [-0.15, -0.1) is 0 Å². The Hall–Kier alpha value is -2.78. The molecule has 1 aliphatic heterocycles. The van der Waals surface area contributed by atoms with Crippen molar-refractivity contribution in [2.24, 2.45) is 0 Å². The molecule has 9 nitrogen and oxygen atoms in total. The average Bonchev–Trinajstić information content (AvgIpc) is 3.34. The van der Waals surface area contributed by atoms with E-state index in [4.69, 9.17) is 9.26 Å².